The minimum atomic E-state index is -1.11. The van der Waals surface area contributed by atoms with Crippen molar-refractivity contribution in [1.29, 1.82) is 0 Å². The second kappa shape index (κ2) is 8.55. The first-order chi connectivity index (χ1) is 15.1. The number of aliphatic hydroxyl groups is 1. The maximum Gasteiger partial charge on any atom is 0.306 e. The van der Waals surface area contributed by atoms with Crippen molar-refractivity contribution in [1.82, 2.24) is 15.0 Å². The van der Waals surface area contributed by atoms with E-state index in [1.54, 1.807) is 13.1 Å². The van der Waals surface area contributed by atoms with E-state index in [1.807, 2.05) is 32.0 Å². The highest BCUT2D eigenvalue weighted by Crippen LogP contribution is 2.45. The second-order valence-electron chi connectivity index (χ2n) is 8.57. The Bertz CT molecular complexity index is 1170. The fourth-order valence-corrected chi connectivity index (χ4v) is 5.31. The Hall–Kier alpha value is -2.91. The van der Waals surface area contributed by atoms with Crippen LogP contribution in [-0.2, 0) is 10.4 Å². The smallest absolute Gasteiger partial charge is 0.306 e. The van der Waals surface area contributed by atoms with Crippen molar-refractivity contribution in [3.05, 3.63) is 52.7 Å². The van der Waals surface area contributed by atoms with Gasteiger partial charge in [-0.3, -0.25) is 4.79 Å². The van der Waals surface area contributed by atoms with E-state index in [2.05, 4.69) is 20.3 Å². The standard InChI is InChI=1S/C23H25FN4O3S/c1-12-6-15(8-16(7-12)28-22-26-10-18(24)14(3)27-22)19-11-25-21(32-19)23(31)5-4-17(20(29)30)13(2)9-23/h6-8,10-11,13,17,31H,4-5,9H2,1-3H3,(H,29,30)(H,26,27,28)/t13-,17+,23-/m1/s1. The van der Waals surface area contributed by atoms with E-state index in [-0.39, 0.29) is 11.6 Å². The van der Waals surface area contributed by atoms with E-state index < -0.39 is 23.3 Å². The first-order valence-corrected chi connectivity index (χ1v) is 11.3. The lowest BCUT2D eigenvalue weighted by Gasteiger charge is -2.37. The summed E-state index contributed by atoms with van der Waals surface area (Å²) in [5.41, 5.74) is 1.84. The minimum absolute atomic E-state index is 0.132. The molecule has 9 heteroatoms. The first kappa shape index (κ1) is 22.3. The molecule has 0 saturated heterocycles. The van der Waals surface area contributed by atoms with Crippen molar-refractivity contribution in [2.45, 2.75) is 45.6 Å². The molecule has 3 aromatic rings. The number of nitrogens with zero attached hydrogens (tertiary/aromatic N) is 3. The quantitative estimate of drug-likeness (QED) is 0.506. The Morgan fingerprint density at radius 1 is 1.25 bits per heavy atom. The minimum Gasteiger partial charge on any atom is -0.481 e. The number of anilines is 2. The van der Waals surface area contributed by atoms with Gasteiger partial charge in [0.15, 0.2) is 5.82 Å². The van der Waals surface area contributed by atoms with Crippen molar-refractivity contribution in [2.24, 2.45) is 11.8 Å². The Labute approximate surface area is 189 Å². The molecule has 168 valence electrons. The molecule has 0 radical (unpaired) electrons. The summed E-state index contributed by atoms with van der Waals surface area (Å²) in [6, 6.07) is 5.89. The zero-order valence-electron chi connectivity index (χ0n) is 18.1. The van der Waals surface area contributed by atoms with E-state index in [1.165, 1.54) is 11.3 Å². The Morgan fingerprint density at radius 2 is 2.03 bits per heavy atom. The Balaban J connectivity index is 1.57. The van der Waals surface area contributed by atoms with Gasteiger partial charge in [-0.15, -0.1) is 11.3 Å². The Kier molecular flexibility index (Phi) is 5.96. The van der Waals surface area contributed by atoms with Gasteiger partial charge in [0.25, 0.3) is 0 Å². The molecule has 7 nitrogen and oxygen atoms in total. The van der Waals surface area contributed by atoms with E-state index in [9.17, 15) is 19.4 Å². The van der Waals surface area contributed by atoms with Gasteiger partial charge < -0.3 is 15.5 Å². The average molecular weight is 457 g/mol. The molecule has 2 heterocycles. The van der Waals surface area contributed by atoms with E-state index in [4.69, 9.17) is 0 Å². The number of aliphatic carboxylic acids is 1. The summed E-state index contributed by atoms with van der Waals surface area (Å²) in [5, 5.41) is 24.3. The normalized spacial score (nSPS) is 23.2. The van der Waals surface area contributed by atoms with Crippen molar-refractivity contribution in [3.63, 3.8) is 0 Å². The van der Waals surface area contributed by atoms with Crippen molar-refractivity contribution in [3.8, 4) is 10.4 Å². The molecular weight excluding hydrogens is 431 g/mol. The summed E-state index contributed by atoms with van der Waals surface area (Å²) in [6.07, 6.45) is 4.06. The largest absolute Gasteiger partial charge is 0.481 e. The third-order valence-corrected chi connectivity index (χ3v) is 7.21. The number of aryl methyl sites for hydroxylation is 2. The third-order valence-electron chi connectivity index (χ3n) is 5.97. The number of benzene rings is 1. The number of rotatable bonds is 5. The van der Waals surface area contributed by atoms with Crippen LogP contribution in [0.3, 0.4) is 0 Å². The molecule has 1 aromatic carbocycles. The highest BCUT2D eigenvalue weighted by Gasteiger charge is 2.43. The van der Waals surface area contributed by atoms with Crippen molar-refractivity contribution in [2.75, 3.05) is 5.32 Å². The van der Waals surface area contributed by atoms with Crippen LogP contribution in [0.25, 0.3) is 10.4 Å². The summed E-state index contributed by atoms with van der Waals surface area (Å²) in [5.74, 6) is -1.52. The van der Waals surface area contributed by atoms with Crippen molar-refractivity contribution >= 4 is 28.9 Å². The van der Waals surface area contributed by atoms with E-state index >= 15 is 0 Å². The van der Waals surface area contributed by atoms with Crippen LogP contribution in [0.1, 0.15) is 42.5 Å². The number of hydrogen-bond donors (Lipinski definition) is 3. The highest BCUT2D eigenvalue weighted by atomic mass is 32.1. The first-order valence-electron chi connectivity index (χ1n) is 10.4. The van der Waals surface area contributed by atoms with Crippen LogP contribution in [0.5, 0.6) is 0 Å². The van der Waals surface area contributed by atoms with Gasteiger partial charge in [0, 0.05) is 11.9 Å². The molecule has 0 unspecified atom stereocenters. The molecule has 0 bridgehead atoms. The number of carboxylic acids is 1. The van der Waals surface area contributed by atoms with Gasteiger partial charge in [-0.25, -0.2) is 19.3 Å². The molecule has 3 N–H and O–H groups in total. The molecule has 4 rings (SSSR count). The molecule has 32 heavy (non-hydrogen) atoms. The SMILES string of the molecule is Cc1cc(Nc2ncc(F)c(C)n2)cc(-c2cnc([C@@]3(O)CC[C@H](C(=O)O)[C@H](C)C3)s2)c1. The molecule has 3 atom stereocenters. The molecule has 0 amide bonds. The van der Waals surface area contributed by atoms with Crippen LogP contribution in [0, 0.1) is 31.5 Å². The topological polar surface area (TPSA) is 108 Å². The van der Waals surface area contributed by atoms with Gasteiger partial charge in [0.2, 0.25) is 5.95 Å². The Morgan fingerprint density at radius 3 is 2.72 bits per heavy atom. The summed E-state index contributed by atoms with van der Waals surface area (Å²) >= 11 is 1.41. The van der Waals surface area contributed by atoms with Gasteiger partial charge in [0.1, 0.15) is 10.6 Å². The van der Waals surface area contributed by atoms with Gasteiger partial charge >= 0.3 is 5.97 Å². The molecular formula is C23H25FN4O3S. The van der Waals surface area contributed by atoms with Crippen molar-refractivity contribution < 1.29 is 19.4 Å². The predicted molar refractivity (Wildman–Crippen MR) is 120 cm³/mol. The van der Waals surface area contributed by atoms with Gasteiger partial charge in [-0.05, 0) is 62.3 Å². The lowest BCUT2D eigenvalue weighted by molar-refractivity contribution is -0.148. The van der Waals surface area contributed by atoms with Crippen LogP contribution in [0.4, 0.5) is 16.0 Å². The summed E-state index contributed by atoms with van der Waals surface area (Å²) < 4.78 is 13.5. The summed E-state index contributed by atoms with van der Waals surface area (Å²) in [4.78, 5) is 24.9. The number of aromatic nitrogens is 3. The third kappa shape index (κ3) is 4.49. The zero-order chi connectivity index (χ0) is 23.0. The molecule has 1 fully saturated rings. The second-order valence-corrected chi connectivity index (χ2v) is 9.60. The van der Waals surface area contributed by atoms with E-state index in [0.717, 1.165) is 27.9 Å². The van der Waals surface area contributed by atoms with Gasteiger partial charge in [0.05, 0.1) is 22.7 Å². The lowest BCUT2D eigenvalue weighted by Crippen LogP contribution is -2.38. The predicted octanol–water partition coefficient (Wildman–Crippen LogP) is 4.81. The fraction of sp³-hybridized carbons (Fsp3) is 0.391. The molecule has 0 spiro atoms. The summed E-state index contributed by atoms with van der Waals surface area (Å²) in [6.45, 7) is 5.42. The van der Waals surface area contributed by atoms with Crippen LogP contribution in [-0.4, -0.2) is 31.1 Å². The van der Waals surface area contributed by atoms with Crippen LogP contribution >= 0.6 is 11.3 Å². The molecule has 2 aromatic heterocycles. The highest BCUT2D eigenvalue weighted by molar-refractivity contribution is 7.15. The molecule has 1 aliphatic rings. The average Bonchev–Trinajstić information content (AvgIpc) is 3.21. The summed E-state index contributed by atoms with van der Waals surface area (Å²) in [7, 11) is 0. The number of thiazole rings is 1. The molecule has 1 aliphatic carbocycles. The number of nitrogens with one attached hydrogen (secondary N) is 1. The van der Waals surface area contributed by atoms with Gasteiger partial charge in [-0.2, -0.15) is 0 Å². The van der Waals surface area contributed by atoms with Crippen LogP contribution in [0.2, 0.25) is 0 Å². The zero-order valence-corrected chi connectivity index (χ0v) is 18.9. The molecule has 0 aliphatic heterocycles. The lowest BCUT2D eigenvalue weighted by atomic mass is 9.72. The van der Waals surface area contributed by atoms with Crippen LogP contribution < -0.4 is 5.32 Å². The monoisotopic (exact) mass is 456 g/mol. The number of carboxylic acid groups (broad SMARTS) is 1. The number of halogens is 1. The number of carbonyl (C=O) groups is 1. The van der Waals surface area contributed by atoms with E-state index in [0.29, 0.717) is 30.2 Å². The maximum atomic E-state index is 13.5. The molecule has 1 saturated carbocycles. The maximum absolute atomic E-state index is 13.5. The van der Waals surface area contributed by atoms with Crippen LogP contribution in [0.15, 0.2) is 30.6 Å². The van der Waals surface area contributed by atoms with Gasteiger partial charge in [-0.1, -0.05) is 13.0 Å². The number of hydrogen-bond acceptors (Lipinski definition) is 7. The fourth-order valence-electron chi connectivity index (χ4n) is 4.28.